The molecule has 148 valence electrons. The summed E-state index contributed by atoms with van der Waals surface area (Å²) in [7, 11) is 0. The zero-order valence-electron chi connectivity index (χ0n) is 16.1. The van der Waals surface area contributed by atoms with Crippen molar-refractivity contribution in [3.8, 4) is 0 Å². The fourth-order valence-electron chi connectivity index (χ4n) is 4.29. The van der Waals surface area contributed by atoms with Gasteiger partial charge in [0, 0.05) is 18.3 Å². The van der Waals surface area contributed by atoms with Crippen LogP contribution in [0.25, 0.3) is 0 Å². The highest BCUT2D eigenvalue weighted by atomic mass is 19.1. The van der Waals surface area contributed by atoms with E-state index >= 15 is 0 Å². The lowest BCUT2D eigenvalue weighted by Gasteiger charge is -2.36. The molecule has 2 aromatic rings. The Kier molecular flexibility index (Phi) is 5.91. The first-order valence-corrected chi connectivity index (χ1v) is 10.2. The number of anilines is 1. The first kappa shape index (κ1) is 18.9. The largest absolute Gasteiger partial charge is 0.444 e. The molecule has 2 unspecified atom stereocenters. The third kappa shape index (κ3) is 4.53. The van der Waals surface area contributed by atoms with Gasteiger partial charge in [0.2, 0.25) is 0 Å². The van der Waals surface area contributed by atoms with E-state index < -0.39 is 0 Å². The Morgan fingerprint density at radius 3 is 2.61 bits per heavy atom. The number of benzene rings is 2. The minimum atomic E-state index is -0.337. The van der Waals surface area contributed by atoms with Gasteiger partial charge in [0.05, 0.1) is 6.54 Å². The molecule has 0 aliphatic carbocycles. The van der Waals surface area contributed by atoms with Gasteiger partial charge >= 0.3 is 6.09 Å². The normalized spacial score (nSPS) is 23.0. The van der Waals surface area contributed by atoms with Crippen molar-refractivity contribution in [1.29, 1.82) is 0 Å². The lowest BCUT2D eigenvalue weighted by atomic mass is 9.95. The van der Waals surface area contributed by atoms with Crippen molar-refractivity contribution in [2.24, 2.45) is 0 Å². The molecule has 2 heterocycles. The fourth-order valence-corrected chi connectivity index (χ4v) is 4.29. The summed E-state index contributed by atoms with van der Waals surface area (Å²) in [6.45, 7) is 2.58. The Balaban J connectivity index is 1.33. The molecule has 4 rings (SSSR count). The molecule has 0 bridgehead atoms. The van der Waals surface area contributed by atoms with Gasteiger partial charge < -0.3 is 4.74 Å². The van der Waals surface area contributed by atoms with Crippen LogP contribution in [0.3, 0.4) is 0 Å². The molecule has 1 amide bonds. The number of carbonyl (C=O) groups is 1. The number of rotatable bonds is 6. The zero-order valence-corrected chi connectivity index (χ0v) is 16.1. The van der Waals surface area contributed by atoms with Gasteiger partial charge in [0.15, 0.2) is 0 Å². The maximum absolute atomic E-state index is 13.1. The van der Waals surface area contributed by atoms with E-state index in [2.05, 4.69) is 35.2 Å². The predicted octanol–water partition coefficient (Wildman–Crippen LogP) is 4.64. The number of likely N-dealkylation sites (tertiary alicyclic amines) is 1. The molecule has 2 fully saturated rings. The number of hydrogen-bond acceptors (Lipinski definition) is 3. The van der Waals surface area contributed by atoms with Crippen LogP contribution < -0.4 is 4.90 Å². The fraction of sp³-hybridized carbons (Fsp3) is 0.435. The van der Waals surface area contributed by atoms with E-state index in [-0.39, 0.29) is 18.0 Å². The van der Waals surface area contributed by atoms with Crippen molar-refractivity contribution in [3.63, 3.8) is 0 Å². The number of hydrogen-bond donors (Lipinski definition) is 0. The van der Waals surface area contributed by atoms with E-state index in [1.165, 1.54) is 37.0 Å². The highest BCUT2D eigenvalue weighted by molar-refractivity contribution is 5.89. The van der Waals surface area contributed by atoms with E-state index in [1.54, 1.807) is 17.0 Å². The lowest BCUT2D eigenvalue weighted by molar-refractivity contribution is 0.102. The molecule has 4 nitrogen and oxygen atoms in total. The first-order valence-electron chi connectivity index (χ1n) is 10.2. The topological polar surface area (TPSA) is 32.8 Å². The molecule has 0 spiro atoms. The van der Waals surface area contributed by atoms with Gasteiger partial charge in [-0.3, -0.25) is 9.80 Å². The molecule has 2 aliphatic rings. The summed E-state index contributed by atoms with van der Waals surface area (Å²) in [4.78, 5) is 16.4. The predicted molar refractivity (Wildman–Crippen MR) is 108 cm³/mol. The van der Waals surface area contributed by atoms with Gasteiger partial charge in [-0.25, -0.2) is 9.18 Å². The monoisotopic (exact) mass is 382 g/mol. The van der Waals surface area contributed by atoms with E-state index in [4.69, 9.17) is 4.74 Å². The summed E-state index contributed by atoms with van der Waals surface area (Å²) in [5.41, 5.74) is 2.07. The Labute approximate surface area is 165 Å². The van der Waals surface area contributed by atoms with Gasteiger partial charge in [-0.15, -0.1) is 0 Å². The van der Waals surface area contributed by atoms with E-state index in [0.717, 1.165) is 25.9 Å². The molecule has 0 aromatic heterocycles. The second-order valence-electron chi connectivity index (χ2n) is 7.76. The number of halogens is 1. The van der Waals surface area contributed by atoms with Crippen LogP contribution in [0.15, 0.2) is 54.6 Å². The highest BCUT2D eigenvalue weighted by Gasteiger charge is 2.33. The second kappa shape index (κ2) is 8.74. The van der Waals surface area contributed by atoms with Crippen LogP contribution in [0, 0.1) is 5.82 Å². The maximum atomic E-state index is 13.1. The summed E-state index contributed by atoms with van der Waals surface area (Å²) in [6.07, 6.45) is 5.19. The number of ether oxygens (including phenoxy) is 1. The van der Waals surface area contributed by atoms with Crippen molar-refractivity contribution in [1.82, 2.24) is 4.90 Å². The molecule has 5 heteroatoms. The summed E-state index contributed by atoms with van der Waals surface area (Å²) >= 11 is 0. The standard InChI is InChI=1S/C23H27FN2O2/c24-19-9-11-20(12-10-19)26-17-22(28-23(26)27)13-15-25-14-5-4-8-21(25)16-18-6-2-1-3-7-18/h1-3,6-7,9-12,21-22H,4-5,8,13-17H2. The average Bonchev–Trinajstić information content (AvgIpc) is 3.09. The SMILES string of the molecule is O=C1OC(CCN2CCCCC2Cc2ccccc2)CN1c1ccc(F)cc1. The van der Waals surface area contributed by atoms with E-state index in [0.29, 0.717) is 18.3 Å². The van der Waals surface area contributed by atoms with Crippen LogP contribution in [0.5, 0.6) is 0 Å². The van der Waals surface area contributed by atoms with E-state index in [1.807, 2.05) is 0 Å². The smallest absolute Gasteiger partial charge is 0.414 e. The number of amides is 1. The summed E-state index contributed by atoms with van der Waals surface area (Å²) in [5.74, 6) is -0.303. The van der Waals surface area contributed by atoms with Gasteiger partial charge in [0.1, 0.15) is 11.9 Å². The van der Waals surface area contributed by atoms with Crippen molar-refractivity contribution in [2.45, 2.75) is 44.2 Å². The van der Waals surface area contributed by atoms with Crippen LogP contribution in [-0.2, 0) is 11.2 Å². The van der Waals surface area contributed by atoms with Crippen LogP contribution in [0.2, 0.25) is 0 Å². The Morgan fingerprint density at radius 2 is 1.82 bits per heavy atom. The zero-order chi connectivity index (χ0) is 19.3. The molecule has 0 saturated carbocycles. The Hall–Kier alpha value is -2.40. The Morgan fingerprint density at radius 1 is 1.04 bits per heavy atom. The third-order valence-corrected chi connectivity index (χ3v) is 5.81. The summed E-state index contributed by atoms with van der Waals surface area (Å²) in [5, 5.41) is 0. The molecule has 2 aromatic carbocycles. The molecule has 0 N–H and O–H groups in total. The van der Waals surface area contributed by atoms with Crippen molar-refractivity contribution in [2.75, 3.05) is 24.5 Å². The van der Waals surface area contributed by atoms with Gasteiger partial charge in [0.25, 0.3) is 0 Å². The summed E-state index contributed by atoms with van der Waals surface area (Å²) < 4.78 is 18.7. The molecular formula is C23H27FN2O2. The third-order valence-electron chi connectivity index (χ3n) is 5.81. The minimum absolute atomic E-state index is 0.114. The number of cyclic esters (lactones) is 1. The number of carbonyl (C=O) groups excluding carboxylic acids is 1. The van der Waals surface area contributed by atoms with Gasteiger partial charge in [-0.05, 0) is 62.1 Å². The van der Waals surface area contributed by atoms with Crippen molar-refractivity contribution < 1.29 is 13.9 Å². The summed E-state index contributed by atoms with van der Waals surface area (Å²) in [6, 6.07) is 17.2. The highest BCUT2D eigenvalue weighted by Crippen LogP contribution is 2.25. The molecule has 2 saturated heterocycles. The van der Waals surface area contributed by atoms with Crippen molar-refractivity contribution >= 4 is 11.8 Å². The number of nitrogens with zero attached hydrogens (tertiary/aromatic N) is 2. The van der Waals surface area contributed by atoms with Crippen LogP contribution in [0.1, 0.15) is 31.2 Å². The molecule has 2 aliphatic heterocycles. The molecule has 28 heavy (non-hydrogen) atoms. The van der Waals surface area contributed by atoms with E-state index in [9.17, 15) is 9.18 Å². The minimum Gasteiger partial charge on any atom is -0.444 e. The van der Waals surface area contributed by atoms with Crippen LogP contribution in [0.4, 0.5) is 14.9 Å². The van der Waals surface area contributed by atoms with Crippen LogP contribution in [-0.4, -0.2) is 42.8 Å². The Bertz CT molecular complexity index is 781. The lowest BCUT2D eigenvalue weighted by Crippen LogP contribution is -2.42. The average molecular weight is 382 g/mol. The first-order chi connectivity index (χ1) is 13.7. The molecule has 0 radical (unpaired) electrons. The molecular weight excluding hydrogens is 355 g/mol. The second-order valence-corrected chi connectivity index (χ2v) is 7.76. The maximum Gasteiger partial charge on any atom is 0.414 e. The quantitative estimate of drug-likeness (QED) is 0.730. The van der Waals surface area contributed by atoms with Crippen LogP contribution >= 0.6 is 0 Å². The molecule has 2 atom stereocenters. The number of piperidine rings is 1. The van der Waals surface area contributed by atoms with Gasteiger partial charge in [-0.2, -0.15) is 0 Å². The van der Waals surface area contributed by atoms with Crippen molar-refractivity contribution in [3.05, 3.63) is 66.0 Å². The van der Waals surface area contributed by atoms with Gasteiger partial charge in [-0.1, -0.05) is 36.8 Å².